The van der Waals surface area contributed by atoms with Crippen LogP contribution in [0.5, 0.6) is 5.75 Å². The van der Waals surface area contributed by atoms with E-state index in [4.69, 9.17) is 5.11 Å². The predicted octanol–water partition coefficient (Wildman–Crippen LogP) is 1.24. The molecule has 1 aromatic rings. The van der Waals surface area contributed by atoms with Crippen LogP contribution in [-0.4, -0.2) is 16.3 Å². The third-order valence-corrected chi connectivity index (χ3v) is 2.09. The quantitative estimate of drug-likeness (QED) is 0.632. The highest BCUT2D eigenvalue weighted by atomic mass is 16.3. The molecule has 0 spiro atoms. The van der Waals surface area contributed by atoms with Gasteiger partial charge in [-0.25, -0.2) is 0 Å². The molecule has 2 rings (SSSR count). The van der Waals surface area contributed by atoms with Crippen LogP contribution in [-0.2, 0) is 0 Å². The second-order valence-corrected chi connectivity index (χ2v) is 2.97. The largest absolute Gasteiger partial charge is 0.508 e. The Morgan fingerprint density at radius 3 is 2.45 bits per heavy atom. The molecule has 0 amide bonds. The Morgan fingerprint density at radius 2 is 1.91 bits per heavy atom. The number of rotatable bonds is 1. The number of aliphatic hydroxyl groups excluding tert-OH is 1. The van der Waals surface area contributed by atoms with Gasteiger partial charge in [-0.05, 0) is 18.1 Å². The number of aromatic hydroxyl groups is 1. The van der Waals surface area contributed by atoms with Gasteiger partial charge in [-0.1, -0.05) is 18.2 Å². The highest BCUT2D eigenvalue weighted by Gasteiger charge is 2.37. The third kappa shape index (κ3) is 1.10. The Labute approximate surface area is 65.1 Å². The van der Waals surface area contributed by atoms with Gasteiger partial charge in [-0.2, -0.15) is 0 Å². The van der Waals surface area contributed by atoms with Crippen molar-refractivity contribution in [2.75, 3.05) is 0 Å². The summed E-state index contributed by atoms with van der Waals surface area (Å²) >= 11 is 0. The lowest BCUT2D eigenvalue weighted by atomic mass is 10.1. The Hall–Kier alpha value is -1.02. The summed E-state index contributed by atoms with van der Waals surface area (Å²) < 4.78 is 0. The molecule has 2 nitrogen and oxygen atoms in total. The zero-order chi connectivity index (χ0) is 7.84. The molecule has 1 aromatic carbocycles. The number of hydrogen-bond donors (Lipinski definition) is 2. The van der Waals surface area contributed by atoms with Crippen molar-refractivity contribution in [1.29, 1.82) is 0 Å². The van der Waals surface area contributed by atoms with Crippen molar-refractivity contribution in [3.05, 3.63) is 29.8 Å². The van der Waals surface area contributed by atoms with E-state index in [1.54, 1.807) is 12.1 Å². The number of phenols is 1. The van der Waals surface area contributed by atoms with E-state index in [0.717, 1.165) is 12.0 Å². The zero-order valence-corrected chi connectivity index (χ0v) is 6.07. The van der Waals surface area contributed by atoms with Gasteiger partial charge in [0.05, 0.1) is 6.10 Å². The van der Waals surface area contributed by atoms with E-state index in [1.807, 2.05) is 12.1 Å². The van der Waals surface area contributed by atoms with E-state index in [2.05, 4.69) is 0 Å². The lowest BCUT2D eigenvalue weighted by Gasteiger charge is -1.99. The van der Waals surface area contributed by atoms with Crippen LogP contribution in [0.1, 0.15) is 17.9 Å². The lowest BCUT2D eigenvalue weighted by Crippen LogP contribution is -1.85. The van der Waals surface area contributed by atoms with Crippen molar-refractivity contribution in [2.24, 2.45) is 0 Å². The van der Waals surface area contributed by atoms with Crippen LogP contribution >= 0.6 is 0 Å². The zero-order valence-electron chi connectivity index (χ0n) is 6.07. The fourth-order valence-corrected chi connectivity index (χ4v) is 1.32. The topological polar surface area (TPSA) is 40.5 Å². The maximum absolute atomic E-state index is 9.33. The number of para-hydroxylation sites is 1. The summed E-state index contributed by atoms with van der Waals surface area (Å²) in [5.74, 6) is 0.477. The maximum atomic E-state index is 9.33. The summed E-state index contributed by atoms with van der Waals surface area (Å²) in [7, 11) is 0. The predicted molar refractivity (Wildman–Crippen MR) is 41.5 cm³/mol. The van der Waals surface area contributed by atoms with Gasteiger partial charge in [0.25, 0.3) is 0 Å². The van der Waals surface area contributed by atoms with E-state index in [-0.39, 0.29) is 12.0 Å². The van der Waals surface area contributed by atoms with E-state index >= 15 is 0 Å². The number of hydrogen-bond acceptors (Lipinski definition) is 2. The molecule has 11 heavy (non-hydrogen) atoms. The van der Waals surface area contributed by atoms with Crippen LogP contribution < -0.4 is 0 Å². The van der Waals surface area contributed by atoms with Gasteiger partial charge in [0.15, 0.2) is 0 Å². The van der Waals surface area contributed by atoms with Crippen molar-refractivity contribution in [3.8, 4) is 5.75 Å². The van der Waals surface area contributed by atoms with Gasteiger partial charge in [0.2, 0.25) is 0 Å². The van der Waals surface area contributed by atoms with Gasteiger partial charge in [0.1, 0.15) is 5.75 Å². The molecule has 1 aliphatic carbocycles. The van der Waals surface area contributed by atoms with Gasteiger partial charge in [0, 0.05) is 5.92 Å². The second kappa shape index (κ2) is 2.24. The number of phenolic OH excluding ortho intramolecular Hbond substituents is 1. The molecule has 2 N–H and O–H groups in total. The molecule has 0 bridgehead atoms. The van der Waals surface area contributed by atoms with Gasteiger partial charge in [-0.3, -0.25) is 0 Å². The van der Waals surface area contributed by atoms with Crippen LogP contribution in [0.15, 0.2) is 24.3 Å². The van der Waals surface area contributed by atoms with Crippen molar-refractivity contribution < 1.29 is 10.2 Å². The Balaban J connectivity index is 2.31. The molecule has 0 aliphatic heterocycles. The highest BCUT2D eigenvalue weighted by molar-refractivity contribution is 5.38. The normalized spacial score (nSPS) is 28.5. The molecule has 0 heterocycles. The summed E-state index contributed by atoms with van der Waals surface area (Å²) in [6, 6.07) is 7.17. The van der Waals surface area contributed by atoms with Gasteiger partial charge in [-0.15, -0.1) is 0 Å². The first-order valence-electron chi connectivity index (χ1n) is 3.75. The Morgan fingerprint density at radius 1 is 1.27 bits per heavy atom. The third-order valence-electron chi connectivity index (χ3n) is 2.09. The van der Waals surface area contributed by atoms with E-state index in [9.17, 15) is 5.11 Å². The van der Waals surface area contributed by atoms with Crippen LogP contribution in [0.4, 0.5) is 0 Å². The minimum Gasteiger partial charge on any atom is -0.508 e. The first-order chi connectivity index (χ1) is 5.29. The summed E-state index contributed by atoms with van der Waals surface area (Å²) in [6.45, 7) is 0. The molecule has 1 fully saturated rings. The molecule has 0 radical (unpaired) electrons. The molecule has 58 valence electrons. The van der Waals surface area contributed by atoms with Gasteiger partial charge >= 0.3 is 0 Å². The lowest BCUT2D eigenvalue weighted by molar-refractivity contribution is 0.271. The first kappa shape index (κ1) is 6.68. The molecule has 1 saturated carbocycles. The standard InChI is InChI=1S/C9H10O2/c10-8-4-2-1-3-6(8)7-5-9(7)11/h1-4,7,9-11H,5H2. The number of benzene rings is 1. The SMILES string of the molecule is Oc1ccccc1C1CC1O. The summed E-state index contributed by atoms with van der Waals surface area (Å²) in [5, 5.41) is 18.4. The summed E-state index contributed by atoms with van der Waals surface area (Å²) in [6.07, 6.45) is 0.556. The Bertz CT molecular complexity index is 270. The molecule has 0 saturated heterocycles. The molecular formula is C9H10O2. The average molecular weight is 150 g/mol. The molecule has 2 heteroatoms. The van der Waals surface area contributed by atoms with Crippen molar-refractivity contribution >= 4 is 0 Å². The van der Waals surface area contributed by atoms with Crippen molar-refractivity contribution in [2.45, 2.75) is 18.4 Å². The minimum absolute atomic E-state index is 0.177. The monoisotopic (exact) mass is 150 g/mol. The van der Waals surface area contributed by atoms with E-state index < -0.39 is 0 Å². The van der Waals surface area contributed by atoms with Gasteiger partial charge < -0.3 is 10.2 Å². The average Bonchev–Trinajstić information content (AvgIpc) is 2.68. The molecule has 1 aliphatic rings. The van der Waals surface area contributed by atoms with Crippen LogP contribution in [0.25, 0.3) is 0 Å². The minimum atomic E-state index is -0.233. The highest BCUT2D eigenvalue weighted by Crippen LogP contribution is 2.43. The van der Waals surface area contributed by atoms with E-state index in [1.165, 1.54) is 0 Å². The summed E-state index contributed by atoms with van der Waals surface area (Å²) in [4.78, 5) is 0. The van der Waals surface area contributed by atoms with Crippen LogP contribution in [0.3, 0.4) is 0 Å². The number of aliphatic hydroxyl groups is 1. The fraction of sp³-hybridized carbons (Fsp3) is 0.333. The van der Waals surface area contributed by atoms with Crippen molar-refractivity contribution in [1.82, 2.24) is 0 Å². The Kier molecular flexibility index (Phi) is 1.36. The van der Waals surface area contributed by atoms with Crippen molar-refractivity contribution in [3.63, 3.8) is 0 Å². The van der Waals surface area contributed by atoms with Crippen LogP contribution in [0.2, 0.25) is 0 Å². The molecular weight excluding hydrogens is 140 g/mol. The molecule has 0 aromatic heterocycles. The smallest absolute Gasteiger partial charge is 0.119 e. The fourth-order valence-electron chi connectivity index (χ4n) is 1.32. The van der Waals surface area contributed by atoms with E-state index in [0.29, 0.717) is 5.75 Å². The molecule has 2 atom stereocenters. The first-order valence-corrected chi connectivity index (χ1v) is 3.75. The maximum Gasteiger partial charge on any atom is 0.119 e. The summed E-state index contributed by atoms with van der Waals surface area (Å²) in [5.41, 5.74) is 0.875. The second-order valence-electron chi connectivity index (χ2n) is 2.97. The molecule has 2 unspecified atom stereocenters. The van der Waals surface area contributed by atoms with Crippen LogP contribution in [0, 0.1) is 0 Å².